The second-order valence-electron chi connectivity index (χ2n) is 5.53. The van der Waals surface area contributed by atoms with Crippen LogP contribution in [0.2, 0.25) is 0 Å². The highest BCUT2D eigenvalue weighted by Crippen LogP contribution is 2.31. The normalized spacial score (nSPS) is 23.8. The van der Waals surface area contributed by atoms with Crippen LogP contribution in [0.1, 0.15) is 26.7 Å². The first-order valence-electron chi connectivity index (χ1n) is 6.30. The van der Waals surface area contributed by atoms with Gasteiger partial charge in [-0.1, -0.05) is 13.8 Å². The number of carbonyl (C=O) groups is 1. The number of likely N-dealkylation sites (N-methyl/N-ethyl adjacent to an activating group) is 1. The molecule has 5 nitrogen and oxygen atoms in total. The van der Waals surface area contributed by atoms with E-state index in [0.717, 1.165) is 12.8 Å². The molecule has 1 aromatic rings. The van der Waals surface area contributed by atoms with Crippen LogP contribution in [0.3, 0.4) is 0 Å². The molecule has 1 aliphatic rings. The number of anilines is 1. The second kappa shape index (κ2) is 5.02. The number of amides is 1. The van der Waals surface area contributed by atoms with E-state index in [-0.39, 0.29) is 17.4 Å². The highest BCUT2D eigenvalue weighted by molar-refractivity contribution is 5.96. The standard InChI is InChI=1S/C13H20N4O/c1-13(2)6-8-17(11-5-4-7-15-16-11)12(18)10(9-13)14-3/h4-5,7,10,14H,6,8-9H2,1-3H3. The van der Waals surface area contributed by atoms with E-state index in [9.17, 15) is 4.79 Å². The van der Waals surface area contributed by atoms with Crippen molar-refractivity contribution in [2.24, 2.45) is 5.41 Å². The maximum atomic E-state index is 12.5. The maximum Gasteiger partial charge on any atom is 0.245 e. The zero-order chi connectivity index (χ0) is 13.2. The van der Waals surface area contributed by atoms with E-state index in [1.165, 1.54) is 0 Å². The zero-order valence-electron chi connectivity index (χ0n) is 11.2. The van der Waals surface area contributed by atoms with Gasteiger partial charge in [-0.25, -0.2) is 0 Å². The van der Waals surface area contributed by atoms with Crippen LogP contribution < -0.4 is 10.2 Å². The van der Waals surface area contributed by atoms with Gasteiger partial charge in [-0.2, -0.15) is 5.10 Å². The van der Waals surface area contributed by atoms with E-state index in [2.05, 4.69) is 29.4 Å². The van der Waals surface area contributed by atoms with Gasteiger partial charge in [-0.15, -0.1) is 5.10 Å². The first-order chi connectivity index (χ1) is 8.53. The Morgan fingerprint density at radius 3 is 2.89 bits per heavy atom. The number of hydrogen-bond donors (Lipinski definition) is 1. The highest BCUT2D eigenvalue weighted by atomic mass is 16.2. The van der Waals surface area contributed by atoms with Crippen molar-refractivity contribution < 1.29 is 4.79 Å². The van der Waals surface area contributed by atoms with Crippen LogP contribution in [0.4, 0.5) is 5.82 Å². The van der Waals surface area contributed by atoms with E-state index in [1.54, 1.807) is 17.2 Å². The predicted molar refractivity (Wildman–Crippen MR) is 70.2 cm³/mol. The van der Waals surface area contributed by atoms with Crippen molar-refractivity contribution in [2.45, 2.75) is 32.7 Å². The van der Waals surface area contributed by atoms with Crippen LogP contribution in [0, 0.1) is 5.41 Å². The smallest absolute Gasteiger partial charge is 0.245 e. The Hall–Kier alpha value is -1.49. The minimum atomic E-state index is -0.149. The van der Waals surface area contributed by atoms with Crippen LogP contribution in [0.5, 0.6) is 0 Å². The van der Waals surface area contributed by atoms with Crippen molar-refractivity contribution in [3.05, 3.63) is 18.3 Å². The average Bonchev–Trinajstić information content (AvgIpc) is 2.47. The van der Waals surface area contributed by atoms with Crippen LogP contribution in [0.25, 0.3) is 0 Å². The number of aromatic nitrogens is 2. The summed E-state index contributed by atoms with van der Waals surface area (Å²) < 4.78 is 0. The minimum absolute atomic E-state index is 0.0866. The number of rotatable bonds is 2. The van der Waals surface area contributed by atoms with Gasteiger partial charge in [-0.05, 0) is 37.4 Å². The Morgan fingerprint density at radius 2 is 2.28 bits per heavy atom. The first kappa shape index (κ1) is 13.0. The lowest BCUT2D eigenvalue weighted by atomic mass is 9.83. The summed E-state index contributed by atoms with van der Waals surface area (Å²) in [6.45, 7) is 5.10. The fraction of sp³-hybridized carbons (Fsp3) is 0.615. The van der Waals surface area contributed by atoms with Gasteiger partial charge in [0.15, 0.2) is 5.82 Å². The molecule has 1 aromatic heterocycles. The molecule has 1 fully saturated rings. The van der Waals surface area contributed by atoms with Crippen molar-refractivity contribution in [1.82, 2.24) is 15.5 Å². The Balaban J connectivity index is 2.28. The molecule has 1 N–H and O–H groups in total. The second-order valence-corrected chi connectivity index (χ2v) is 5.53. The molecule has 0 aliphatic carbocycles. The maximum absolute atomic E-state index is 12.5. The molecule has 1 amide bonds. The fourth-order valence-corrected chi connectivity index (χ4v) is 2.35. The molecule has 2 rings (SSSR count). The summed E-state index contributed by atoms with van der Waals surface area (Å²) >= 11 is 0. The van der Waals surface area contributed by atoms with Gasteiger partial charge in [0.05, 0.1) is 6.04 Å². The molecule has 0 aromatic carbocycles. The van der Waals surface area contributed by atoms with Crippen LogP contribution in [-0.2, 0) is 4.79 Å². The van der Waals surface area contributed by atoms with Crippen molar-refractivity contribution in [2.75, 3.05) is 18.5 Å². The van der Waals surface area contributed by atoms with Crippen LogP contribution in [0.15, 0.2) is 18.3 Å². The van der Waals surface area contributed by atoms with Crippen molar-refractivity contribution in [1.29, 1.82) is 0 Å². The minimum Gasteiger partial charge on any atom is -0.309 e. The monoisotopic (exact) mass is 248 g/mol. The van der Waals surface area contributed by atoms with Gasteiger partial charge < -0.3 is 5.32 Å². The molecular formula is C13H20N4O. The van der Waals surface area contributed by atoms with E-state index in [0.29, 0.717) is 12.4 Å². The molecule has 0 saturated carbocycles. The lowest BCUT2D eigenvalue weighted by Crippen LogP contribution is -2.44. The van der Waals surface area contributed by atoms with E-state index in [1.807, 2.05) is 13.1 Å². The lowest BCUT2D eigenvalue weighted by molar-refractivity contribution is -0.120. The van der Waals surface area contributed by atoms with Gasteiger partial charge in [0, 0.05) is 12.7 Å². The van der Waals surface area contributed by atoms with Crippen molar-refractivity contribution >= 4 is 11.7 Å². The average molecular weight is 248 g/mol. The molecular weight excluding hydrogens is 228 g/mol. The Kier molecular flexibility index (Phi) is 3.61. The lowest BCUT2D eigenvalue weighted by Gasteiger charge is -2.24. The molecule has 1 atom stereocenters. The Labute approximate surface area is 108 Å². The number of nitrogens with one attached hydrogen (secondary N) is 1. The molecule has 5 heteroatoms. The summed E-state index contributed by atoms with van der Waals surface area (Å²) in [5, 5.41) is 11.0. The van der Waals surface area contributed by atoms with E-state index >= 15 is 0 Å². The summed E-state index contributed by atoms with van der Waals surface area (Å²) in [4.78, 5) is 14.2. The molecule has 1 unspecified atom stereocenters. The third kappa shape index (κ3) is 2.67. The molecule has 0 bridgehead atoms. The molecule has 98 valence electrons. The summed E-state index contributed by atoms with van der Waals surface area (Å²) in [5.41, 5.74) is 0.153. The van der Waals surface area contributed by atoms with Gasteiger partial charge in [0.2, 0.25) is 5.91 Å². The summed E-state index contributed by atoms with van der Waals surface area (Å²) in [6.07, 6.45) is 3.43. The first-order valence-corrected chi connectivity index (χ1v) is 6.30. The molecule has 0 radical (unpaired) electrons. The van der Waals surface area contributed by atoms with Crippen molar-refractivity contribution in [3.8, 4) is 0 Å². The number of carbonyl (C=O) groups excluding carboxylic acids is 1. The third-order valence-corrected chi connectivity index (χ3v) is 3.52. The van der Waals surface area contributed by atoms with Crippen molar-refractivity contribution in [3.63, 3.8) is 0 Å². The summed E-state index contributed by atoms with van der Waals surface area (Å²) in [5.74, 6) is 0.726. The number of hydrogen-bond acceptors (Lipinski definition) is 4. The van der Waals surface area contributed by atoms with E-state index < -0.39 is 0 Å². The van der Waals surface area contributed by atoms with Gasteiger partial charge in [0.1, 0.15) is 0 Å². The molecule has 18 heavy (non-hydrogen) atoms. The summed E-state index contributed by atoms with van der Waals surface area (Å²) in [6, 6.07) is 3.49. The quantitative estimate of drug-likeness (QED) is 0.855. The topological polar surface area (TPSA) is 58.1 Å². The Morgan fingerprint density at radius 1 is 1.50 bits per heavy atom. The summed E-state index contributed by atoms with van der Waals surface area (Å²) in [7, 11) is 1.83. The van der Waals surface area contributed by atoms with Crippen LogP contribution in [-0.4, -0.2) is 35.7 Å². The number of nitrogens with zero attached hydrogens (tertiary/aromatic N) is 3. The van der Waals surface area contributed by atoms with Gasteiger partial charge in [-0.3, -0.25) is 9.69 Å². The fourth-order valence-electron chi connectivity index (χ4n) is 2.35. The molecule has 1 aliphatic heterocycles. The predicted octanol–water partition coefficient (Wildman–Crippen LogP) is 1.22. The van der Waals surface area contributed by atoms with Gasteiger partial charge in [0.25, 0.3) is 0 Å². The molecule has 2 heterocycles. The molecule has 1 saturated heterocycles. The Bertz CT molecular complexity index is 418. The molecule has 0 spiro atoms. The largest absolute Gasteiger partial charge is 0.309 e. The van der Waals surface area contributed by atoms with Crippen LogP contribution >= 0.6 is 0 Å². The SMILES string of the molecule is CNC1CC(C)(C)CCN(c2cccnn2)C1=O. The highest BCUT2D eigenvalue weighted by Gasteiger charge is 2.35. The zero-order valence-corrected chi connectivity index (χ0v) is 11.2. The third-order valence-electron chi connectivity index (χ3n) is 3.52. The van der Waals surface area contributed by atoms with Gasteiger partial charge >= 0.3 is 0 Å². The van der Waals surface area contributed by atoms with E-state index in [4.69, 9.17) is 0 Å².